The van der Waals surface area contributed by atoms with Gasteiger partial charge in [-0.3, -0.25) is 0 Å². The van der Waals surface area contributed by atoms with Gasteiger partial charge in [0.1, 0.15) is 61.0 Å². The van der Waals surface area contributed by atoms with Gasteiger partial charge in [-0.15, -0.1) is 0 Å². The second-order valence-corrected chi connectivity index (χ2v) is 5.96. The minimum atomic E-state index is -1.74. The van der Waals surface area contributed by atoms with E-state index in [1.807, 2.05) is 0 Å². The Labute approximate surface area is 137 Å². The van der Waals surface area contributed by atoms with E-state index in [9.17, 15) is 35.7 Å². The second kappa shape index (κ2) is 7.85. The predicted octanol–water partition coefficient (Wildman–Crippen LogP) is -5.36. The van der Waals surface area contributed by atoms with Gasteiger partial charge in [0.05, 0.1) is 6.61 Å². The van der Waals surface area contributed by atoms with Crippen LogP contribution in [0.4, 0.5) is 0 Å². The molecule has 1 heterocycles. The molecule has 1 saturated carbocycles. The van der Waals surface area contributed by atoms with E-state index >= 15 is 0 Å². The van der Waals surface area contributed by atoms with Crippen LogP contribution in [-0.4, -0.2) is 122 Å². The Hall–Kier alpha value is -0.440. The molecule has 8 N–H and O–H groups in total. The first-order valence-corrected chi connectivity index (χ1v) is 7.45. The Bertz CT molecular complexity index is 407. The van der Waals surface area contributed by atoms with Crippen LogP contribution in [0.1, 0.15) is 0 Å². The van der Waals surface area contributed by atoms with E-state index in [0.29, 0.717) is 0 Å². The van der Waals surface area contributed by atoms with Crippen LogP contribution in [0.25, 0.3) is 0 Å². The number of ether oxygens (including phenoxy) is 3. The monoisotopic (exact) mass is 356 g/mol. The summed E-state index contributed by atoms with van der Waals surface area (Å²) < 4.78 is 15.3. The second-order valence-electron chi connectivity index (χ2n) is 5.96. The molecule has 2 fully saturated rings. The topological polar surface area (TPSA) is 190 Å². The highest BCUT2D eigenvalue weighted by molar-refractivity contribution is 5.01. The maximum Gasteiger partial charge on any atom is 0.187 e. The van der Waals surface area contributed by atoms with Crippen LogP contribution < -0.4 is 0 Å². The van der Waals surface area contributed by atoms with Gasteiger partial charge in [0, 0.05) is 7.11 Å². The molecule has 1 saturated heterocycles. The van der Waals surface area contributed by atoms with Crippen molar-refractivity contribution in [2.24, 2.45) is 0 Å². The van der Waals surface area contributed by atoms with Crippen LogP contribution in [0.5, 0.6) is 0 Å². The molecule has 2 rings (SSSR count). The summed E-state index contributed by atoms with van der Waals surface area (Å²) in [4.78, 5) is 0. The fourth-order valence-electron chi connectivity index (χ4n) is 2.96. The lowest BCUT2D eigenvalue weighted by Crippen LogP contribution is -2.67. The van der Waals surface area contributed by atoms with Crippen LogP contribution in [0.15, 0.2) is 0 Å². The van der Waals surface area contributed by atoms with Crippen molar-refractivity contribution >= 4 is 0 Å². The summed E-state index contributed by atoms with van der Waals surface area (Å²) >= 11 is 0. The van der Waals surface area contributed by atoms with Gasteiger partial charge in [-0.2, -0.15) is 0 Å². The smallest absolute Gasteiger partial charge is 0.187 e. The van der Waals surface area contributed by atoms with Gasteiger partial charge in [-0.25, -0.2) is 0 Å². The Balaban J connectivity index is 2.15. The Morgan fingerprint density at radius 3 is 1.79 bits per heavy atom. The first-order valence-electron chi connectivity index (χ1n) is 7.45. The lowest BCUT2D eigenvalue weighted by molar-refractivity contribution is -0.340. The van der Waals surface area contributed by atoms with Gasteiger partial charge < -0.3 is 55.1 Å². The van der Waals surface area contributed by atoms with Gasteiger partial charge >= 0.3 is 0 Å². The normalized spacial score (nSPS) is 53.1. The number of aliphatic hydroxyl groups is 8. The van der Waals surface area contributed by atoms with Crippen molar-refractivity contribution in [3.05, 3.63) is 0 Å². The van der Waals surface area contributed by atoms with E-state index in [-0.39, 0.29) is 0 Å². The molecule has 142 valence electrons. The number of aliphatic hydroxyl groups excluding tert-OH is 8. The minimum Gasteiger partial charge on any atom is -0.394 e. The number of methoxy groups -OCH3 is 1. The molecule has 1 aliphatic carbocycles. The molecule has 11 nitrogen and oxygen atoms in total. The summed E-state index contributed by atoms with van der Waals surface area (Å²) in [5.41, 5.74) is 0. The lowest BCUT2D eigenvalue weighted by Gasteiger charge is -2.46. The van der Waals surface area contributed by atoms with Crippen molar-refractivity contribution in [2.45, 2.75) is 67.3 Å². The van der Waals surface area contributed by atoms with Crippen molar-refractivity contribution in [2.75, 3.05) is 13.7 Å². The van der Waals surface area contributed by atoms with E-state index in [1.165, 1.54) is 7.11 Å². The quantitative estimate of drug-likeness (QED) is 0.240. The Morgan fingerprint density at radius 2 is 1.25 bits per heavy atom. The zero-order valence-corrected chi connectivity index (χ0v) is 12.9. The summed E-state index contributed by atoms with van der Waals surface area (Å²) in [5, 5.41) is 78.2. The molecule has 24 heavy (non-hydrogen) atoms. The molecule has 0 amide bonds. The molecule has 11 atom stereocenters. The van der Waals surface area contributed by atoms with Crippen molar-refractivity contribution in [3.63, 3.8) is 0 Å². The molecule has 1 aliphatic heterocycles. The van der Waals surface area contributed by atoms with Gasteiger partial charge in [0.15, 0.2) is 6.29 Å². The van der Waals surface area contributed by atoms with Gasteiger partial charge in [0.2, 0.25) is 0 Å². The van der Waals surface area contributed by atoms with E-state index in [2.05, 4.69) is 0 Å². The van der Waals surface area contributed by atoms with Crippen molar-refractivity contribution in [1.82, 2.24) is 0 Å². The molecular weight excluding hydrogens is 332 g/mol. The SMILES string of the molecule is COC1C(O)C(O)C(O)C(OC2OC(CO)C(O)C(O)C2O)C1O. The van der Waals surface area contributed by atoms with Gasteiger partial charge in [-0.05, 0) is 0 Å². The summed E-state index contributed by atoms with van der Waals surface area (Å²) in [6.07, 6.45) is -17.3. The highest BCUT2D eigenvalue weighted by Gasteiger charge is 2.53. The molecular formula is C13H24O11. The summed E-state index contributed by atoms with van der Waals surface area (Å²) in [5.74, 6) is 0. The van der Waals surface area contributed by atoms with Crippen molar-refractivity contribution in [3.8, 4) is 0 Å². The Kier molecular flexibility index (Phi) is 6.50. The maximum atomic E-state index is 10.2. The molecule has 0 aromatic rings. The summed E-state index contributed by atoms with van der Waals surface area (Å²) in [6.45, 7) is -0.678. The third-order valence-electron chi connectivity index (χ3n) is 4.46. The van der Waals surface area contributed by atoms with E-state index < -0.39 is 73.9 Å². The van der Waals surface area contributed by atoms with E-state index in [0.717, 1.165) is 0 Å². The lowest BCUT2D eigenvalue weighted by atomic mass is 9.84. The standard InChI is InChI=1S/C13H24O11/c1-22-11-7(18)6(17)8(19)12(10(11)21)24-13-9(20)5(16)4(15)3(2-14)23-13/h3-21H,2H2,1H3. The minimum absolute atomic E-state index is 0.678. The predicted molar refractivity (Wildman–Crippen MR) is 73.5 cm³/mol. The van der Waals surface area contributed by atoms with Crippen LogP contribution in [0.2, 0.25) is 0 Å². The molecule has 0 bridgehead atoms. The van der Waals surface area contributed by atoms with Crippen molar-refractivity contribution in [1.29, 1.82) is 0 Å². The number of rotatable bonds is 4. The first-order chi connectivity index (χ1) is 11.2. The molecule has 11 unspecified atom stereocenters. The Morgan fingerprint density at radius 1 is 0.708 bits per heavy atom. The van der Waals surface area contributed by atoms with Crippen LogP contribution in [0, 0.1) is 0 Å². The maximum absolute atomic E-state index is 10.2. The van der Waals surface area contributed by atoms with E-state index in [1.54, 1.807) is 0 Å². The molecule has 0 aromatic carbocycles. The first kappa shape index (κ1) is 19.9. The fourth-order valence-corrected chi connectivity index (χ4v) is 2.96. The van der Waals surface area contributed by atoms with Crippen LogP contribution >= 0.6 is 0 Å². The largest absolute Gasteiger partial charge is 0.394 e. The molecule has 0 spiro atoms. The molecule has 11 heteroatoms. The van der Waals surface area contributed by atoms with Crippen molar-refractivity contribution < 1.29 is 55.1 Å². The zero-order chi connectivity index (χ0) is 18.2. The molecule has 0 radical (unpaired) electrons. The third kappa shape index (κ3) is 3.43. The van der Waals surface area contributed by atoms with Gasteiger partial charge in [-0.1, -0.05) is 0 Å². The van der Waals surface area contributed by atoms with Gasteiger partial charge in [0.25, 0.3) is 0 Å². The molecule has 0 aromatic heterocycles. The van der Waals surface area contributed by atoms with Crippen LogP contribution in [0.3, 0.4) is 0 Å². The average molecular weight is 356 g/mol. The highest BCUT2D eigenvalue weighted by Crippen LogP contribution is 2.30. The summed E-state index contributed by atoms with van der Waals surface area (Å²) in [7, 11) is 1.17. The average Bonchev–Trinajstić information content (AvgIpc) is 2.57. The third-order valence-corrected chi connectivity index (χ3v) is 4.46. The number of hydrogen-bond donors (Lipinski definition) is 8. The highest BCUT2D eigenvalue weighted by atomic mass is 16.7. The van der Waals surface area contributed by atoms with Crippen LogP contribution in [-0.2, 0) is 14.2 Å². The molecule has 2 aliphatic rings. The zero-order valence-electron chi connectivity index (χ0n) is 12.9. The number of hydrogen-bond acceptors (Lipinski definition) is 11. The fraction of sp³-hybridized carbons (Fsp3) is 1.00. The van der Waals surface area contributed by atoms with E-state index in [4.69, 9.17) is 19.3 Å². The summed E-state index contributed by atoms with van der Waals surface area (Å²) in [6, 6.07) is 0.